The lowest BCUT2D eigenvalue weighted by Gasteiger charge is -2.33. The molecule has 1 aromatic rings. The Labute approximate surface area is 166 Å². The van der Waals surface area contributed by atoms with Gasteiger partial charge in [0.15, 0.2) is 5.96 Å². The molecule has 26 heavy (non-hydrogen) atoms. The molecule has 2 rings (SSSR count). The molecule has 1 aliphatic rings. The number of unbranched alkanes of at least 4 members (excludes halogenated alkanes) is 2. The van der Waals surface area contributed by atoms with Gasteiger partial charge in [0.1, 0.15) is 0 Å². The highest BCUT2D eigenvalue weighted by Crippen LogP contribution is 2.16. The SMILES string of the molecule is CN=C(NCCCCCOC)NC1CCN(Cc2ccc(Br)cc2)CC1. The lowest BCUT2D eigenvalue weighted by molar-refractivity contribution is 0.192. The maximum atomic E-state index is 5.08. The van der Waals surface area contributed by atoms with Crippen molar-refractivity contribution in [2.24, 2.45) is 4.99 Å². The van der Waals surface area contributed by atoms with E-state index >= 15 is 0 Å². The fourth-order valence-corrected chi connectivity index (χ4v) is 3.49. The molecule has 0 amide bonds. The molecule has 0 bridgehead atoms. The van der Waals surface area contributed by atoms with Crippen LogP contribution in [0.15, 0.2) is 33.7 Å². The number of rotatable bonds is 9. The third-order valence-corrected chi connectivity index (χ3v) is 5.32. The summed E-state index contributed by atoms with van der Waals surface area (Å²) in [7, 11) is 3.61. The van der Waals surface area contributed by atoms with Gasteiger partial charge in [-0.05, 0) is 49.8 Å². The number of hydrogen-bond donors (Lipinski definition) is 2. The zero-order valence-electron chi connectivity index (χ0n) is 16.1. The van der Waals surface area contributed by atoms with Crippen molar-refractivity contribution < 1.29 is 4.74 Å². The molecule has 1 saturated heterocycles. The number of halogens is 1. The van der Waals surface area contributed by atoms with E-state index in [1.807, 2.05) is 7.05 Å². The molecule has 0 radical (unpaired) electrons. The van der Waals surface area contributed by atoms with Crippen LogP contribution in [0.2, 0.25) is 0 Å². The number of hydrogen-bond acceptors (Lipinski definition) is 3. The molecule has 0 atom stereocenters. The topological polar surface area (TPSA) is 48.9 Å². The van der Waals surface area contributed by atoms with E-state index in [4.69, 9.17) is 4.74 Å². The van der Waals surface area contributed by atoms with Gasteiger partial charge in [0.25, 0.3) is 0 Å². The van der Waals surface area contributed by atoms with Crippen molar-refractivity contribution >= 4 is 21.9 Å². The minimum atomic E-state index is 0.510. The van der Waals surface area contributed by atoms with Gasteiger partial charge in [0, 0.05) is 57.5 Å². The van der Waals surface area contributed by atoms with E-state index in [0.29, 0.717) is 6.04 Å². The predicted octanol–water partition coefficient (Wildman–Crippen LogP) is 3.40. The average Bonchev–Trinajstić information content (AvgIpc) is 2.67. The van der Waals surface area contributed by atoms with E-state index in [-0.39, 0.29) is 0 Å². The summed E-state index contributed by atoms with van der Waals surface area (Å²) in [6.07, 6.45) is 5.78. The number of methoxy groups -OCH3 is 1. The molecule has 146 valence electrons. The van der Waals surface area contributed by atoms with Crippen LogP contribution in [0.5, 0.6) is 0 Å². The van der Waals surface area contributed by atoms with Crippen LogP contribution in [0.3, 0.4) is 0 Å². The number of guanidine groups is 1. The highest BCUT2D eigenvalue weighted by atomic mass is 79.9. The minimum Gasteiger partial charge on any atom is -0.385 e. The first-order valence-electron chi connectivity index (χ1n) is 9.64. The van der Waals surface area contributed by atoms with Crippen LogP contribution in [0.25, 0.3) is 0 Å². The zero-order valence-corrected chi connectivity index (χ0v) is 17.7. The monoisotopic (exact) mass is 424 g/mol. The number of nitrogens with zero attached hydrogens (tertiary/aromatic N) is 2. The second-order valence-corrected chi connectivity index (χ2v) is 7.79. The molecule has 1 heterocycles. The highest BCUT2D eigenvalue weighted by Gasteiger charge is 2.19. The van der Waals surface area contributed by atoms with Crippen molar-refractivity contribution in [3.8, 4) is 0 Å². The average molecular weight is 425 g/mol. The molecule has 0 spiro atoms. The molecular formula is C20H33BrN4O. The van der Waals surface area contributed by atoms with E-state index in [9.17, 15) is 0 Å². The summed E-state index contributed by atoms with van der Waals surface area (Å²) in [4.78, 5) is 6.90. The van der Waals surface area contributed by atoms with Gasteiger partial charge in [-0.1, -0.05) is 28.1 Å². The quantitative estimate of drug-likeness (QED) is 0.362. The summed E-state index contributed by atoms with van der Waals surface area (Å²) >= 11 is 3.50. The number of benzene rings is 1. The van der Waals surface area contributed by atoms with Crippen molar-refractivity contribution in [2.45, 2.75) is 44.7 Å². The van der Waals surface area contributed by atoms with Crippen molar-refractivity contribution in [1.29, 1.82) is 0 Å². The third-order valence-electron chi connectivity index (χ3n) is 4.79. The lowest BCUT2D eigenvalue weighted by atomic mass is 10.0. The van der Waals surface area contributed by atoms with Gasteiger partial charge >= 0.3 is 0 Å². The van der Waals surface area contributed by atoms with Gasteiger partial charge in [-0.15, -0.1) is 0 Å². The van der Waals surface area contributed by atoms with Gasteiger partial charge < -0.3 is 15.4 Å². The Kier molecular flexibility index (Phi) is 10.0. The van der Waals surface area contributed by atoms with E-state index in [1.54, 1.807) is 7.11 Å². The fourth-order valence-electron chi connectivity index (χ4n) is 3.23. The van der Waals surface area contributed by atoms with Crippen molar-refractivity contribution in [1.82, 2.24) is 15.5 Å². The molecule has 1 fully saturated rings. The molecule has 0 aliphatic carbocycles. The Hall–Kier alpha value is -1.11. The number of aliphatic imine (C=N–C) groups is 1. The van der Waals surface area contributed by atoms with Crippen LogP contribution in [0.4, 0.5) is 0 Å². The third kappa shape index (κ3) is 8.06. The van der Waals surface area contributed by atoms with E-state index in [0.717, 1.165) is 68.9 Å². The minimum absolute atomic E-state index is 0.510. The Morgan fingerprint density at radius 1 is 1.19 bits per heavy atom. The Morgan fingerprint density at radius 2 is 1.92 bits per heavy atom. The van der Waals surface area contributed by atoms with Crippen molar-refractivity contribution in [3.05, 3.63) is 34.3 Å². The maximum Gasteiger partial charge on any atom is 0.191 e. The summed E-state index contributed by atoms with van der Waals surface area (Å²) in [5.74, 6) is 0.933. The molecule has 6 heteroatoms. The second kappa shape index (κ2) is 12.3. The predicted molar refractivity (Wildman–Crippen MR) is 113 cm³/mol. The van der Waals surface area contributed by atoms with Gasteiger partial charge in [-0.3, -0.25) is 9.89 Å². The normalized spacial score (nSPS) is 16.7. The first kappa shape index (κ1) is 21.2. The molecule has 1 aromatic carbocycles. The first-order chi connectivity index (χ1) is 12.7. The van der Waals surface area contributed by atoms with Crippen LogP contribution < -0.4 is 10.6 Å². The van der Waals surface area contributed by atoms with Crippen molar-refractivity contribution in [3.63, 3.8) is 0 Å². The van der Waals surface area contributed by atoms with Crippen LogP contribution in [-0.4, -0.2) is 57.3 Å². The Morgan fingerprint density at radius 3 is 2.58 bits per heavy atom. The molecule has 2 N–H and O–H groups in total. The van der Waals surface area contributed by atoms with E-state index in [2.05, 4.69) is 60.7 Å². The summed E-state index contributed by atoms with van der Waals surface area (Å²) in [5, 5.41) is 7.01. The van der Waals surface area contributed by atoms with Gasteiger partial charge in [0.2, 0.25) is 0 Å². The Bertz CT molecular complexity index is 527. The highest BCUT2D eigenvalue weighted by molar-refractivity contribution is 9.10. The summed E-state index contributed by atoms with van der Waals surface area (Å²) in [5.41, 5.74) is 1.38. The first-order valence-corrected chi connectivity index (χ1v) is 10.4. The van der Waals surface area contributed by atoms with Gasteiger partial charge in [-0.25, -0.2) is 0 Å². The molecule has 1 aliphatic heterocycles. The van der Waals surface area contributed by atoms with Gasteiger partial charge in [-0.2, -0.15) is 0 Å². The molecule has 0 aromatic heterocycles. The van der Waals surface area contributed by atoms with E-state index in [1.165, 1.54) is 12.0 Å². The zero-order chi connectivity index (χ0) is 18.6. The van der Waals surface area contributed by atoms with Gasteiger partial charge in [0.05, 0.1) is 0 Å². The second-order valence-electron chi connectivity index (χ2n) is 6.87. The largest absolute Gasteiger partial charge is 0.385 e. The number of piperidine rings is 1. The standard InChI is InChI=1S/C20H33BrN4O/c1-22-20(23-12-4-3-5-15-26-2)24-19-10-13-25(14-11-19)16-17-6-8-18(21)9-7-17/h6-9,19H,3-5,10-16H2,1-2H3,(H2,22,23,24). The smallest absolute Gasteiger partial charge is 0.191 e. The lowest BCUT2D eigenvalue weighted by Crippen LogP contribution is -2.48. The summed E-state index contributed by atoms with van der Waals surface area (Å²) in [6, 6.07) is 9.15. The molecule has 0 unspecified atom stereocenters. The van der Waals surface area contributed by atoms with Crippen LogP contribution in [0, 0.1) is 0 Å². The van der Waals surface area contributed by atoms with Crippen LogP contribution in [-0.2, 0) is 11.3 Å². The Balaban J connectivity index is 1.62. The molecular weight excluding hydrogens is 392 g/mol. The molecule has 0 saturated carbocycles. The number of nitrogens with one attached hydrogen (secondary N) is 2. The summed E-state index contributed by atoms with van der Waals surface area (Å²) in [6.45, 7) is 5.11. The fraction of sp³-hybridized carbons (Fsp3) is 0.650. The van der Waals surface area contributed by atoms with Crippen molar-refractivity contribution in [2.75, 3.05) is 40.4 Å². The summed E-state index contributed by atoms with van der Waals surface area (Å²) < 4.78 is 6.22. The molecule has 5 nitrogen and oxygen atoms in total. The number of likely N-dealkylation sites (tertiary alicyclic amines) is 1. The van der Waals surface area contributed by atoms with Crippen LogP contribution >= 0.6 is 15.9 Å². The van der Waals surface area contributed by atoms with Crippen LogP contribution in [0.1, 0.15) is 37.7 Å². The van der Waals surface area contributed by atoms with E-state index < -0.39 is 0 Å². The maximum absolute atomic E-state index is 5.08. The number of ether oxygens (including phenoxy) is 1.